The molecule has 0 amide bonds. The lowest BCUT2D eigenvalue weighted by atomic mass is 9.93. The highest BCUT2D eigenvalue weighted by Crippen LogP contribution is 2.51. The second kappa shape index (κ2) is 13.5. The number of hydrogen-bond acceptors (Lipinski definition) is 2. The van der Waals surface area contributed by atoms with Crippen molar-refractivity contribution in [1.29, 1.82) is 0 Å². The number of hydrogen-bond donors (Lipinski definition) is 0. The van der Waals surface area contributed by atoms with Crippen LogP contribution < -0.4 is 41.6 Å². The van der Waals surface area contributed by atoms with Gasteiger partial charge in [0, 0.05) is 32.6 Å². The number of nitrogens with zero attached hydrogens (tertiary/aromatic N) is 2. The lowest BCUT2D eigenvalue weighted by Crippen LogP contribution is -2.33. The monoisotopic (exact) mass is 774 g/mol. The Hall–Kier alpha value is -6.56. The molecule has 0 bridgehead atoms. The fourth-order valence-corrected chi connectivity index (χ4v) is 14.5. The van der Waals surface area contributed by atoms with E-state index in [1.807, 2.05) is 0 Å². The first-order valence-corrected chi connectivity index (χ1v) is 22.6. The molecule has 2 aliphatic rings. The molecule has 2 aliphatic heterocycles. The summed E-state index contributed by atoms with van der Waals surface area (Å²) < 4.78 is 0. The minimum absolute atomic E-state index is 0.720. The number of para-hydroxylation sites is 4. The van der Waals surface area contributed by atoms with Crippen LogP contribution in [-0.2, 0) is 0 Å². The van der Waals surface area contributed by atoms with Gasteiger partial charge in [-0.25, -0.2) is 0 Å². The van der Waals surface area contributed by atoms with Gasteiger partial charge < -0.3 is 9.80 Å². The molecule has 58 heavy (non-hydrogen) atoms. The summed E-state index contributed by atoms with van der Waals surface area (Å²) in [4.78, 5) is 5.00. The molecule has 2 nitrogen and oxygen atoms in total. The molecule has 4 heteroatoms. The molecule has 10 aromatic rings. The van der Waals surface area contributed by atoms with E-state index in [0.29, 0.717) is 0 Å². The molecule has 0 aliphatic carbocycles. The standard InChI is InChI=1S/C54H36N2P2/c1-3-17-39(18-4-1)57-51-27-13-9-23-47(51)55(48-24-10-14-28-52(48)57)37-31-33-43-41-21-7-8-22-42(41)44-34-32-38(36-46(44)45(43)35-37)56-49-25-11-15-29-53(49)58(40-19-5-2-6-20-40)54-30-16-12-26-50(54)56/h1-36H. The first-order valence-electron chi connectivity index (χ1n) is 19.9. The van der Waals surface area contributed by atoms with Gasteiger partial charge in [0.1, 0.15) is 0 Å². The van der Waals surface area contributed by atoms with E-state index in [1.165, 1.54) is 98.3 Å². The van der Waals surface area contributed by atoms with Crippen LogP contribution in [-0.4, -0.2) is 0 Å². The van der Waals surface area contributed by atoms with Crippen molar-refractivity contribution in [1.82, 2.24) is 0 Å². The van der Waals surface area contributed by atoms with Gasteiger partial charge in [-0.3, -0.25) is 0 Å². The lowest BCUT2D eigenvalue weighted by Gasteiger charge is -2.38. The van der Waals surface area contributed by atoms with Crippen LogP contribution in [0.5, 0.6) is 0 Å². The van der Waals surface area contributed by atoms with Crippen LogP contribution in [0.4, 0.5) is 34.1 Å². The van der Waals surface area contributed by atoms with Crippen LogP contribution in [0.1, 0.15) is 0 Å². The third kappa shape index (κ3) is 5.13. The van der Waals surface area contributed by atoms with Crippen LogP contribution in [0.3, 0.4) is 0 Å². The van der Waals surface area contributed by atoms with Gasteiger partial charge in [-0.2, -0.15) is 0 Å². The van der Waals surface area contributed by atoms with E-state index in [9.17, 15) is 0 Å². The van der Waals surface area contributed by atoms with Crippen LogP contribution in [0.2, 0.25) is 0 Å². The van der Waals surface area contributed by atoms with Crippen molar-refractivity contribution in [3.8, 4) is 0 Å². The van der Waals surface area contributed by atoms with Gasteiger partial charge in [-0.15, -0.1) is 0 Å². The molecule has 0 unspecified atom stereocenters. The first kappa shape index (κ1) is 33.6. The van der Waals surface area contributed by atoms with E-state index < -0.39 is 15.8 Å². The van der Waals surface area contributed by atoms with Crippen molar-refractivity contribution in [3.63, 3.8) is 0 Å². The van der Waals surface area contributed by atoms with E-state index in [-0.39, 0.29) is 0 Å². The molecule has 0 atom stereocenters. The summed E-state index contributed by atoms with van der Waals surface area (Å²) in [5.41, 5.74) is 7.32. The Morgan fingerprint density at radius 1 is 0.241 bits per heavy atom. The summed E-state index contributed by atoms with van der Waals surface area (Å²) in [6.45, 7) is 0. The quantitative estimate of drug-likeness (QED) is 0.130. The number of fused-ring (bicyclic) bond motifs is 10. The van der Waals surface area contributed by atoms with Gasteiger partial charge in [0.25, 0.3) is 0 Å². The Bertz CT molecular complexity index is 2900. The molecule has 12 rings (SSSR count). The third-order valence-corrected chi connectivity index (χ3v) is 16.9. The highest BCUT2D eigenvalue weighted by Gasteiger charge is 2.34. The van der Waals surface area contributed by atoms with Gasteiger partial charge in [0.05, 0.1) is 22.7 Å². The second-order valence-corrected chi connectivity index (χ2v) is 19.3. The Morgan fingerprint density at radius 2 is 0.534 bits per heavy atom. The van der Waals surface area contributed by atoms with E-state index in [1.54, 1.807) is 0 Å². The smallest absolute Gasteiger partial charge is 0.0545 e. The summed E-state index contributed by atoms with van der Waals surface area (Å²) in [7, 11) is -1.44. The van der Waals surface area contributed by atoms with Gasteiger partial charge >= 0.3 is 0 Å². The van der Waals surface area contributed by atoms with Gasteiger partial charge in [0.2, 0.25) is 0 Å². The summed E-state index contributed by atoms with van der Waals surface area (Å²) in [6, 6.07) is 81.4. The van der Waals surface area contributed by atoms with Crippen molar-refractivity contribution >= 4 is 114 Å². The Balaban J connectivity index is 1.09. The zero-order valence-electron chi connectivity index (χ0n) is 31.6. The second-order valence-electron chi connectivity index (χ2n) is 15.0. The van der Waals surface area contributed by atoms with Gasteiger partial charge in [-0.05, 0) is 107 Å². The SMILES string of the molecule is c1ccc(P2c3ccccc3N(c3ccc4c5ccccc5c5ccc(N6c7ccccc7P(c7ccccc7)c7ccccc76)cc5c4c3)c3ccccc32)cc1. The summed E-state index contributed by atoms with van der Waals surface area (Å²) in [6.07, 6.45) is 0. The van der Waals surface area contributed by atoms with Crippen molar-refractivity contribution in [2.45, 2.75) is 0 Å². The van der Waals surface area contributed by atoms with Crippen LogP contribution in [0.25, 0.3) is 32.3 Å². The Labute approximate surface area is 340 Å². The predicted molar refractivity (Wildman–Crippen MR) is 253 cm³/mol. The predicted octanol–water partition coefficient (Wildman–Crippen LogP) is 12.2. The van der Waals surface area contributed by atoms with Crippen LogP contribution in [0, 0.1) is 0 Å². The van der Waals surface area contributed by atoms with Crippen molar-refractivity contribution < 1.29 is 0 Å². The number of benzene rings is 10. The number of rotatable bonds is 4. The topological polar surface area (TPSA) is 6.48 Å². The maximum Gasteiger partial charge on any atom is 0.0545 e. The Morgan fingerprint density at radius 3 is 0.897 bits per heavy atom. The Kier molecular flexibility index (Phi) is 7.83. The molecule has 0 saturated heterocycles. The van der Waals surface area contributed by atoms with Crippen molar-refractivity contribution in [3.05, 3.63) is 218 Å². The van der Waals surface area contributed by atoms with E-state index in [2.05, 4.69) is 228 Å². The minimum atomic E-state index is -0.720. The average Bonchev–Trinajstić information content (AvgIpc) is 3.30. The van der Waals surface area contributed by atoms with E-state index in [0.717, 1.165) is 0 Å². The van der Waals surface area contributed by atoms with Gasteiger partial charge in [0.15, 0.2) is 0 Å². The summed E-state index contributed by atoms with van der Waals surface area (Å²) in [5.74, 6) is 0. The zero-order chi connectivity index (χ0) is 38.2. The molecule has 272 valence electrons. The maximum atomic E-state index is 2.50. The highest BCUT2D eigenvalue weighted by molar-refractivity contribution is 7.81. The lowest BCUT2D eigenvalue weighted by molar-refractivity contribution is 1.30. The third-order valence-electron chi connectivity index (χ3n) is 11.8. The van der Waals surface area contributed by atoms with Crippen LogP contribution >= 0.6 is 15.8 Å². The average molecular weight is 775 g/mol. The summed E-state index contributed by atoms with van der Waals surface area (Å²) in [5, 5.41) is 15.9. The molecule has 0 saturated carbocycles. The zero-order valence-corrected chi connectivity index (χ0v) is 33.4. The largest absolute Gasteiger partial charge is 0.309 e. The van der Waals surface area contributed by atoms with Gasteiger partial charge in [-0.1, -0.05) is 170 Å². The molecule has 2 heterocycles. The molecule has 10 aromatic carbocycles. The fourth-order valence-electron chi connectivity index (χ4n) is 9.37. The molecular weight excluding hydrogens is 739 g/mol. The molecular formula is C54H36N2P2. The maximum absolute atomic E-state index is 2.50. The van der Waals surface area contributed by atoms with E-state index in [4.69, 9.17) is 0 Å². The first-order chi connectivity index (χ1) is 28.8. The van der Waals surface area contributed by atoms with Crippen LogP contribution in [0.15, 0.2) is 218 Å². The minimum Gasteiger partial charge on any atom is -0.309 e. The van der Waals surface area contributed by atoms with E-state index >= 15 is 0 Å². The highest BCUT2D eigenvalue weighted by atomic mass is 31.1. The molecule has 0 N–H and O–H groups in total. The van der Waals surface area contributed by atoms with Crippen molar-refractivity contribution in [2.75, 3.05) is 9.80 Å². The summed E-state index contributed by atoms with van der Waals surface area (Å²) >= 11 is 0. The number of anilines is 6. The molecule has 0 aromatic heterocycles. The fraction of sp³-hybridized carbons (Fsp3) is 0. The normalized spacial score (nSPS) is 13.7. The molecule has 0 fully saturated rings. The molecule has 0 spiro atoms. The van der Waals surface area contributed by atoms with Crippen molar-refractivity contribution in [2.24, 2.45) is 0 Å². The molecule has 0 radical (unpaired) electrons.